The van der Waals surface area contributed by atoms with Crippen molar-refractivity contribution in [1.29, 1.82) is 0 Å². The summed E-state index contributed by atoms with van der Waals surface area (Å²) in [5.74, 6) is -10.0. The molecular weight excluding hydrogens is 1460 g/mol. The SMILES string of the molecule is CC(=O)C[C@@H]1C(O)C[C@@](OP(=O)([O-])OC[C@H]2O[C@@H](n3ccc(N)nc3=O)[C@@H](O)C2O)(C(=O)O)OC1[C@H](O)[C@H](O)CCCc1ccc(C(=O)NCCO[C@@H]2OC(OC=O)[C@@H](O[C@H]3OC(CO)[C@@H](O[C@@H]4OC(OC=O)[C@@H](O[C@H]5OC(CO)[C@@H](O)C(O)[C@@H]5NC(C)=O)C(O)[C@@H]4O)C(O)[C@@H]3NC(C)=O)C(O)[C@@H]2O)cc1. The van der Waals surface area contributed by atoms with Crippen LogP contribution in [-0.2, 0) is 106 Å². The number of rotatable bonds is 34. The number of phosphoric acid groups is 1. The van der Waals surface area contributed by atoms with E-state index in [1.807, 2.05) is 0 Å². The largest absolute Gasteiger partial charge is 0.756 e. The minimum Gasteiger partial charge on any atom is -0.756 e. The van der Waals surface area contributed by atoms with E-state index in [-0.39, 0.29) is 50.1 Å². The Morgan fingerprint density at radius 1 is 0.708 bits per heavy atom. The number of Topliss-reactive ketones (excluding diaryl/α,β-unsaturated/α-hetero) is 1. The maximum absolute atomic E-state index is 13.3. The number of phosphoric ester groups is 1. The van der Waals surface area contributed by atoms with E-state index >= 15 is 0 Å². The van der Waals surface area contributed by atoms with Crippen LogP contribution in [0, 0.1) is 5.92 Å². The fourth-order valence-corrected chi connectivity index (χ4v) is 13.6. The number of hydrogen-bond donors (Lipinski definition) is 19. The summed E-state index contributed by atoms with van der Waals surface area (Å²) in [4.78, 5) is 116. The van der Waals surface area contributed by atoms with Gasteiger partial charge in [0.05, 0.1) is 44.7 Å². The molecule has 0 radical (unpaired) electrons. The van der Waals surface area contributed by atoms with Crippen molar-refractivity contribution in [2.75, 3.05) is 38.7 Å². The molecule has 2 aromatic rings. The minimum atomic E-state index is -5.92. The van der Waals surface area contributed by atoms with Crippen molar-refractivity contribution in [2.24, 2.45) is 5.92 Å². The molecule has 20 N–H and O–H groups in total. The molecule has 3 amide bonds. The van der Waals surface area contributed by atoms with Crippen molar-refractivity contribution in [3.8, 4) is 0 Å². The highest BCUT2D eigenvalue weighted by molar-refractivity contribution is 7.46. The normalized spacial score (nSPS) is 38.0. The fraction of sp³-hybridized carbons (Fsp3) is 0.717. The van der Waals surface area contributed by atoms with Crippen LogP contribution in [0.3, 0.4) is 0 Å². The lowest BCUT2D eigenvalue weighted by Crippen LogP contribution is -2.70. The number of anilines is 1. The van der Waals surface area contributed by atoms with Gasteiger partial charge in [0.25, 0.3) is 32.5 Å². The predicted octanol–water partition coefficient (Wildman–Crippen LogP) is -11.2. The first-order valence-electron chi connectivity index (χ1n) is 32.8. The number of aromatic nitrogens is 2. The number of carboxylic acids is 1. The zero-order valence-corrected chi connectivity index (χ0v) is 57.3. The third kappa shape index (κ3) is 20.3. The molecular formula is C60H86N6O39P-. The summed E-state index contributed by atoms with van der Waals surface area (Å²) < 4.78 is 90.4. The van der Waals surface area contributed by atoms with Crippen LogP contribution in [0.1, 0.15) is 68.6 Å². The zero-order chi connectivity index (χ0) is 78.0. The third-order valence-electron chi connectivity index (χ3n) is 18.0. The van der Waals surface area contributed by atoms with Crippen molar-refractivity contribution in [3.05, 3.63) is 58.1 Å². The van der Waals surface area contributed by atoms with Gasteiger partial charge in [-0.2, -0.15) is 4.98 Å². The Labute approximate surface area is 598 Å². The minimum absolute atomic E-state index is 0.0802. The summed E-state index contributed by atoms with van der Waals surface area (Å²) >= 11 is 0. The highest BCUT2D eigenvalue weighted by Crippen LogP contribution is 2.50. The number of nitrogens with two attached hydrogens (primary N) is 1. The van der Waals surface area contributed by atoms with E-state index in [4.69, 9.17) is 71.6 Å². The van der Waals surface area contributed by atoms with Crippen LogP contribution in [0.5, 0.6) is 0 Å². The number of nitrogens with zero attached hydrogens (tertiary/aromatic N) is 2. The molecule has 6 saturated heterocycles. The monoisotopic (exact) mass is 1550 g/mol. The molecule has 45 nitrogen and oxygen atoms in total. The average molecular weight is 1550 g/mol. The number of carbonyl (C=O) groups is 7. The molecule has 0 spiro atoms. The Bertz CT molecular complexity index is 3410. The van der Waals surface area contributed by atoms with Crippen LogP contribution < -0.4 is 32.3 Å². The number of ketones is 1. The van der Waals surface area contributed by atoms with Gasteiger partial charge in [0, 0.05) is 50.9 Å². The smallest absolute Gasteiger partial charge is 0.364 e. The molecule has 6 aliphatic heterocycles. The molecule has 6 aliphatic rings. The van der Waals surface area contributed by atoms with Crippen LogP contribution in [0.2, 0.25) is 0 Å². The number of ether oxygens (including phenoxy) is 12. The number of aliphatic hydroxyl groups is 14. The molecule has 1 aromatic carbocycles. The number of benzene rings is 1. The lowest BCUT2D eigenvalue weighted by molar-refractivity contribution is -0.398. The molecule has 106 heavy (non-hydrogen) atoms. The lowest BCUT2D eigenvalue weighted by atomic mass is 9.80. The first-order valence-corrected chi connectivity index (χ1v) is 34.3. The summed E-state index contributed by atoms with van der Waals surface area (Å²) in [5, 5.41) is 171. The van der Waals surface area contributed by atoms with Gasteiger partial charge >= 0.3 is 11.7 Å². The predicted molar refractivity (Wildman–Crippen MR) is 333 cm³/mol. The van der Waals surface area contributed by atoms with E-state index in [0.717, 1.165) is 31.5 Å². The van der Waals surface area contributed by atoms with Crippen LogP contribution in [0.25, 0.3) is 0 Å². The number of aryl methyl sites for hydroxylation is 1. The second-order valence-electron chi connectivity index (χ2n) is 25.5. The fourth-order valence-electron chi connectivity index (χ4n) is 12.7. The van der Waals surface area contributed by atoms with Crippen LogP contribution in [-0.4, -0.2) is 333 Å². The van der Waals surface area contributed by atoms with Crippen LogP contribution in [0.15, 0.2) is 41.3 Å². The van der Waals surface area contributed by atoms with E-state index in [1.165, 1.54) is 30.3 Å². The molecule has 0 aliphatic carbocycles. The van der Waals surface area contributed by atoms with Gasteiger partial charge in [-0.15, -0.1) is 0 Å². The number of hydrogen-bond acceptors (Lipinski definition) is 40. The summed E-state index contributed by atoms with van der Waals surface area (Å²) in [5.41, 5.74) is 5.17. The maximum Gasteiger partial charge on any atom is 0.364 e. The Morgan fingerprint density at radius 2 is 1.26 bits per heavy atom. The molecule has 0 bridgehead atoms. The molecule has 31 atom stereocenters. The van der Waals surface area contributed by atoms with E-state index in [2.05, 4.69) is 20.9 Å². The van der Waals surface area contributed by atoms with Gasteiger partial charge in [-0.25, -0.2) is 9.59 Å². The second-order valence-corrected chi connectivity index (χ2v) is 26.9. The van der Waals surface area contributed by atoms with Crippen molar-refractivity contribution in [1.82, 2.24) is 25.5 Å². The Kier molecular flexibility index (Phi) is 30.0. The van der Waals surface area contributed by atoms with Gasteiger partial charge in [-0.05, 0) is 49.9 Å². The second kappa shape index (κ2) is 37.3. The van der Waals surface area contributed by atoms with Gasteiger partial charge < -0.3 is 169 Å². The van der Waals surface area contributed by atoms with Gasteiger partial charge in [0.15, 0.2) is 43.6 Å². The van der Waals surface area contributed by atoms with E-state index in [0.29, 0.717) is 5.56 Å². The number of carbonyl (C=O) groups excluding carboxylic acids is 6. The van der Waals surface area contributed by atoms with Crippen molar-refractivity contribution >= 4 is 56.1 Å². The molecule has 46 heteroatoms. The molecule has 6 fully saturated rings. The summed E-state index contributed by atoms with van der Waals surface area (Å²) in [7, 11) is -5.92. The quantitative estimate of drug-likeness (QED) is 0.0176. The van der Waals surface area contributed by atoms with Crippen LogP contribution in [0.4, 0.5) is 5.82 Å². The maximum atomic E-state index is 13.3. The number of amides is 3. The van der Waals surface area contributed by atoms with Crippen molar-refractivity contribution in [2.45, 2.75) is 231 Å². The van der Waals surface area contributed by atoms with Gasteiger partial charge in [-0.3, -0.25) is 37.6 Å². The van der Waals surface area contributed by atoms with Crippen molar-refractivity contribution in [3.63, 3.8) is 0 Å². The highest BCUT2D eigenvalue weighted by atomic mass is 31.2. The highest BCUT2D eigenvalue weighted by Gasteiger charge is 2.60. The number of aliphatic hydroxyl groups excluding tert-OH is 14. The Hall–Kier alpha value is -6.46. The third-order valence-corrected chi connectivity index (χ3v) is 19.0. The van der Waals surface area contributed by atoms with Crippen LogP contribution >= 0.6 is 7.82 Å². The lowest BCUT2D eigenvalue weighted by Gasteiger charge is -2.49. The standard InChI is InChI=1S/C60H87N6O39P/c1-22(71)15-27-29(75)16-60(58(87)88,105-106(90,91)95-19-32-38(78)43(83)51(96-32)66-13-11-33(61)65-59(66)89)104-46(27)36(76)28(74)6-4-5-25-7-9-26(10-8-25)50(86)62-12-14-92-54-44(84)41(81)48(56(102-54)93-20-69)101-53-35(64-24(3)73)40(80)47(31(18-68)98-53)99-55-45(85)42(82)49(57(103-55)94-21-70)100-52-34(63-23(2)72)39(79)37(77)30(17-67)97-52/h7-11,13,20-21,27-32,34-49,51-57,67-68,74-85H,4-6,12,14-19H2,1-3H3,(H,62,86)(H,63,72)(H,64,73)(H,87,88)(H,90,91)(H2,61,65,89)/p-1/t27-,28-,29?,30?,31?,32-,34+,35+,36-,37-,38?,39?,40?,41?,42?,43+,44+,45+,46?,47-,48+,49+,51-,52-,53-,54-,55-,56?,57?,60-/m1/s1. The Morgan fingerprint density at radius 3 is 1.82 bits per heavy atom. The number of nitrogen functional groups attached to an aromatic ring is 1. The summed E-state index contributed by atoms with van der Waals surface area (Å²) in [6, 6.07) is 3.65. The summed E-state index contributed by atoms with van der Waals surface area (Å²) in [6.45, 7) is -1.04. The molecule has 1 aromatic heterocycles. The van der Waals surface area contributed by atoms with Crippen molar-refractivity contribution < 1.29 is 186 Å². The molecule has 7 heterocycles. The molecule has 596 valence electrons. The van der Waals surface area contributed by atoms with E-state index < -0.39 is 266 Å². The average Bonchev–Trinajstić information content (AvgIpc) is 0.952. The van der Waals surface area contributed by atoms with E-state index in [9.17, 15) is 124 Å². The zero-order valence-electron chi connectivity index (χ0n) is 56.4. The first kappa shape index (κ1) is 85.2. The number of aliphatic carboxylic acids is 1. The summed E-state index contributed by atoms with van der Waals surface area (Å²) in [6.07, 6.45) is -50.9. The first-order chi connectivity index (χ1) is 50.1. The molecule has 12 unspecified atom stereocenters. The number of carboxylic acid groups (broad SMARTS) is 1. The topological polar surface area (TPSA) is 689 Å². The van der Waals surface area contributed by atoms with Gasteiger partial charge in [0.2, 0.25) is 24.4 Å². The van der Waals surface area contributed by atoms with Gasteiger partial charge in [-0.1, -0.05) is 12.1 Å². The van der Waals surface area contributed by atoms with Gasteiger partial charge in [0.1, 0.15) is 109 Å². The number of nitrogens with one attached hydrogen (secondary N) is 3. The molecule has 8 rings (SSSR count). The van der Waals surface area contributed by atoms with E-state index in [1.54, 1.807) is 0 Å². The molecule has 0 saturated carbocycles. The Balaban J connectivity index is 0.815.